The molecule has 0 fully saturated rings. The van der Waals surface area contributed by atoms with Crippen molar-refractivity contribution in [2.45, 2.75) is 0 Å². The Morgan fingerprint density at radius 2 is 0.571 bits per heavy atom. The topological polar surface area (TPSA) is 14.8 Å². The summed E-state index contributed by atoms with van der Waals surface area (Å²) in [5, 5.41) is 7.51. The lowest BCUT2D eigenvalue weighted by Gasteiger charge is -2.26. The van der Waals surface area contributed by atoms with Gasteiger partial charge in [-0.25, -0.2) is 0 Å². The van der Waals surface area contributed by atoms with Crippen LogP contribution in [0.3, 0.4) is 0 Å². The largest absolute Gasteiger partial charge is 0.309 e. The fourth-order valence-electron chi connectivity index (χ4n) is 11.0. The van der Waals surface area contributed by atoms with Gasteiger partial charge in [-0.2, -0.15) is 0 Å². The summed E-state index contributed by atoms with van der Waals surface area (Å²) in [6.45, 7) is 0. The molecule has 63 heavy (non-hydrogen) atoms. The number of aromatic nitrogens is 3. The van der Waals surface area contributed by atoms with E-state index in [1.807, 2.05) is 0 Å². The number of hydrogen-bond donors (Lipinski definition) is 0. The average molecular weight is 800 g/mol. The van der Waals surface area contributed by atoms with Crippen LogP contribution >= 0.6 is 0 Å². The summed E-state index contributed by atoms with van der Waals surface area (Å²) in [5.41, 5.74) is 20.4. The van der Waals surface area contributed by atoms with Gasteiger partial charge in [0.1, 0.15) is 0 Å². The van der Waals surface area contributed by atoms with Gasteiger partial charge in [0, 0.05) is 49.3 Å². The third-order valence-corrected chi connectivity index (χ3v) is 13.6. The molecule has 3 aromatic heterocycles. The zero-order valence-electron chi connectivity index (χ0n) is 34.2. The Morgan fingerprint density at radius 1 is 0.206 bits per heavy atom. The van der Waals surface area contributed by atoms with E-state index in [2.05, 4.69) is 238 Å². The number of para-hydroxylation sites is 5. The van der Waals surface area contributed by atoms with E-state index in [1.165, 1.54) is 110 Å². The summed E-state index contributed by atoms with van der Waals surface area (Å²) >= 11 is 0. The van der Waals surface area contributed by atoms with E-state index in [4.69, 9.17) is 0 Å². The Bertz CT molecular complexity index is 3930. The quantitative estimate of drug-likeness (QED) is 0.169. The molecule has 14 rings (SSSR count). The van der Waals surface area contributed by atoms with Crippen LogP contribution in [-0.2, 0) is 0 Å². The first kappa shape index (κ1) is 34.3. The first-order chi connectivity index (χ1) is 31.3. The molecule has 0 radical (unpaired) electrons. The molecule has 3 nitrogen and oxygen atoms in total. The molecule has 3 heteroatoms. The first-order valence-corrected chi connectivity index (χ1v) is 21.8. The minimum Gasteiger partial charge on any atom is -0.309 e. The first-order valence-electron chi connectivity index (χ1n) is 21.8. The molecule has 0 amide bonds. The Balaban J connectivity index is 1.04. The number of benzene rings is 10. The predicted octanol–water partition coefficient (Wildman–Crippen LogP) is 16.0. The Kier molecular flexibility index (Phi) is 7.11. The van der Waals surface area contributed by atoms with Gasteiger partial charge in [-0.05, 0) is 106 Å². The predicted molar refractivity (Wildman–Crippen MR) is 265 cm³/mol. The average Bonchev–Trinajstić information content (AvgIpc) is 3.99. The zero-order valence-corrected chi connectivity index (χ0v) is 34.2. The van der Waals surface area contributed by atoms with Crippen LogP contribution in [0.15, 0.2) is 224 Å². The van der Waals surface area contributed by atoms with Crippen LogP contribution in [0.25, 0.3) is 127 Å². The summed E-state index contributed by atoms with van der Waals surface area (Å²) < 4.78 is 7.37. The van der Waals surface area contributed by atoms with Crippen LogP contribution in [0.1, 0.15) is 0 Å². The molecule has 1 aliphatic carbocycles. The van der Waals surface area contributed by atoms with Gasteiger partial charge < -0.3 is 13.7 Å². The fraction of sp³-hybridized carbons (Fsp3) is 0. The molecule has 292 valence electrons. The van der Waals surface area contributed by atoms with Crippen LogP contribution < -0.4 is 0 Å². The Hall–Kier alpha value is -8.40. The number of hydrogen-bond acceptors (Lipinski definition) is 0. The maximum absolute atomic E-state index is 2.51. The standard InChI is InChI=1S/C60H37N3/c1-2-17-41-40(16-1)43-34-32-38(61-53-26-10-5-19-44(53)45-20-6-11-27-54(45)61)36-51(43)42-18-3-4-24-49(42)60-50(41)25-15-31-59(60)63-57-30-14-9-23-48(57)52-37-39(33-35-58(52)63)62-55-28-12-7-21-46(55)47-22-8-13-29-56(47)62/h1-37H. The minimum atomic E-state index is 1.15. The maximum atomic E-state index is 2.51. The third kappa shape index (κ3) is 4.79. The molecule has 0 saturated heterocycles. The summed E-state index contributed by atoms with van der Waals surface area (Å²) in [4.78, 5) is 0. The molecule has 0 bridgehead atoms. The monoisotopic (exact) mass is 799 g/mol. The molecule has 0 atom stereocenters. The van der Waals surface area contributed by atoms with E-state index in [1.54, 1.807) is 0 Å². The molecule has 10 aromatic carbocycles. The zero-order chi connectivity index (χ0) is 41.2. The highest BCUT2D eigenvalue weighted by Gasteiger charge is 2.27. The van der Waals surface area contributed by atoms with Crippen molar-refractivity contribution in [3.8, 4) is 61.6 Å². The van der Waals surface area contributed by atoms with Gasteiger partial charge in [0.2, 0.25) is 0 Å². The van der Waals surface area contributed by atoms with Crippen LogP contribution in [0.4, 0.5) is 0 Å². The van der Waals surface area contributed by atoms with Crippen molar-refractivity contribution in [1.29, 1.82) is 0 Å². The maximum Gasteiger partial charge on any atom is 0.0547 e. The van der Waals surface area contributed by atoms with Crippen molar-refractivity contribution >= 4 is 65.4 Å². The molecule has 0 spiro atoms. The summed E-state index contributed by atoms with van der Waals surface area (Å²) in [6, 6.07) is 83.0. The Labute approximate surface area is 363 Å². The molecule has 0 saturated carbocycles. The lowest BCUT2D eigenvalue weighted by atomic mass is 9.80. The highest BCUT2D eigenvalue weighted by Crippen LogP contribution is 2.51. The van der Waals surface area contributed by atoms with E-state index < -0.39 is 0 Å². The second-order valence-corrected chi connectivity index (χ2v) is 16.8. The van der Waals surface area contributed by atoms with E-state index in [0.717, 1.165) is 17.1 Å². The molecule has 13 aromatic rings. The van der Waals surface area contributed by atoms with Gasteiger partial charge in [0.15, 0.2) is 0 Å². The van der Waals surface area contributed by atoms with Crippen LogP contribution in [0, 0.1) is 0 Å². The van der Waals surface area contributed by atoms with Gasteiger partial charge in [0.25, 0.3) is 0 Å². The van der Waals surface area contributed by atoms with Gasteiger partial charge in [0.05, 0.1) is 38.8 Å². The normalized spacial score (nSPS) is 12.1. The highest BCUT2D eigenvalue weighted by molar-refractivity contribution is 6.14. The van der Waals surface area contributed by atoms with Crippen molar-refractivity contribution < 1.29 is 0 Å². The van der Waals surface area contributed by atoms with E-state index >= 15 is 0 Å². The van der Waals surface area contributed by atoms with E-state index in [0.29, 0.717) is 0 Å². The van der Waals surface area contributed by atoms with Crippen molar-refractivity contribution in [2.24, 2.45) is 0 Å². The molecule has 0 N–H and O–H groups in total. The molecule has 1 aliphatic rings. The second-order valence-electron chi connectivity index (χ2n) is 16.8. The minimum absolute atomic E-state index is 1.15. The summed E-state index contributed by atoms with van der Waals surface area (Å²) in [5.74, 6) is 0. The highest BCUT2D eigenvalue weighted by atomic mass is 15.0. The van der Waals surface area contributed by atoms with Gasteiger partial charge >= 0.3 is 0 Å². The molecule has 0 unspecified atom stereocenters. The van der Waals surface area contributed by atoms with Crippen molar-refractivity contribution in [1.82, 2.24) is 13.7 Å². The number of nitrogens with zero attached hydrogens (tertiary/aromatic N) is 3. The van der Waals surface area contributed by atoms with Crippen LogP contribution in [0.2, 0.25) is 0 Å². The smallest absolute Gasteiger partial charge is 0.0547 e. The second kappa shape index (κ2) is 13.1. The summed E-state index contributed by atoms with van der Waals surface area (Å²) in [6.07, 6.45) is 0. The van der Waals surface area contributed by atoms with Gasteiger partial charge in [-0.15, -0.1) is 0 Å². The SMILES string of the molecule is c1ccc2c(c1)-c1ccc(-n3c4ccccc4c4ccccc43)cc1-c1ccccc1-c1c-2cccc1-n1c2ccccc2c2cc(-n3c4ccccc4c4ccccc43)ccc21. The van der Waals surface area contributed by atoms with Crippen molar-refractivity contribution in [2.75, 3.05) is 0 Å². The van der Waals surface area contributed by atoms with E-state index in [-0.39, 0.29) is 0 Å². The third-order valence-electron chi connectivity index (χ3n) is 13.6. The van der Waals surface area contributed by atoms with Crippen molar-refractivity contribution in [3.05, 3.63) is 224 Å². The molecular weight excluding hydrogens is 763 g/mol. The number of fused-ring (bicyclic) bond motifs is 17. The fourth-order valence-corrected chi connectivity index (χ4v) is 11.0. The molecule has 3 heterocycles. The number of rotatable bonds is 3. The van der Waals surface area contributed by atoms with Crippen molar-refractivity contribution in [3.63, 3.8) is 0 Å². The Morgan fingerprint density at radius 3 is 1.13 bits per heavy atom. The lowest BCUT2D eigenvalue weighted by molar-refractivity contribution is 1.17. The lowest BCUT2D eigenvalue weighted by Crippen LogP contribution is -2.03. The van der Waals surface area contributed by atoms with Crippen LogP contribution in [-0.4, -0.2) is 13.7 Å². The van der Waals surface area contributed by atoms with Gasteiger partial charge in [-0.1, -0.05) is 158 Å². The summed E-state index contributed by atoms with van der Waals surface area (Å²) in [7, 11) is 0. The molecular formula is C60H37N3. The van der Waals surface area contributed by atoms with E-state index in [9.17, 15) is 0 Å². The van der Waals surface area contributed by atoms with Gasteiger partial charge in [-0.3, -0.25) is 0 Å². The molecule has 0 aliphatic heterocycles. The van der Waals surface area contributed by atoms with Crippen LogP contribution in [0.5, 0.6) is 0 Å².